The van der Waals surface area contributed by atoms with E-state index < -0.39 is 0 Å². The second-order valence-electron chi connectivity index (χ2n) is 6.90. The molecule has 1 N–H and O–H groups in total. The second-order valence-corrected chi connectivity index (χ2v) is 6.90. The molecular weight excluding hydrogens is 274 g/mol. The van der Waals surface area contributed by atoms with Crippen LogP contribution in [-0.2, 0) is 11.2 Å². The minimum Gasteiger partial charge on any atom is -0.464 e. The third-order valence-corrected chi connectivity index (χ3v) is 4.40. The maximum Gasteiger partial charge on any atom is 0.224 e. The highest BCUT2D eigenvalue weighted by atomic mass is 16.3. The standard InChI is InChI=1S/C19H27NO2/c1-11(2)14(6)20-19(21)8-15-10-22-18-7-13(5)16(12(3)4)9-17(15)18/h7,9-12,14H,8H2,1-6H3,(H,20,21)/t14-/m0/s1. The minimum absolute atomic E-state index is 0.0515. The van der Waals surface area contributed by atoms with Gasteiger partial charge in [0.2, 0.25) is 5.91 Å². The zero-order valence-corrected chi connectivity index (χ0v) is 14.5. The van der Waals surface area contributed by atoms with Crippen LogP contribution >= 0.6 is 0 Å². The van der Waals surface area contributed by atoms with Crippen molar-refractivity contribution in [2.24, 2.45) is 5.92 Å². The third kappa shape index (κ3) is 3.52. The number of carbonyl (C=O) groups is 1. The highest BCUT2D eigenvalue weighted by molar-refractivity contribution is 5.88. The van der Waals surface area contributed by atoms with Crippen molar-refractivity contribution in [3.05, 3.63) is 35.1 Å². The van der Waals surface area contributed by atoms with Crippen LogP contribution in [0.15, 0.2) is 22.8 Å². The number of benzene rings is 1. The van der Waals surface area contributed by atoms with Gasteiger partial charge in [0, 0.05) is 17.0 Å². The Bertz CT molecular complexity index is 667. The number of hydrogen-bond acceptors (Lipinski definition) is 2. The van der Waals surface area contributed by atoms with Crippen molar-refractivity contribution in [1.29, 1.82) is 0 Å². The largest absolute Gasteiger partial charge is 0.464 e. The van der Waals surface area contributed by atoms with Gasteiger partial charge in [-0.1, -0.05) is 27.7 Å². The zero-order valence-electron chi connectivity index (χ0n) is 14.5. The summed E-state index contributed by atoms with van der Waals surface area (Å²) in [5, 5.41) is 4.11. The molecule has 1 atom stereocenters. The number of fused-ring (bicyclic) bond motifs is 1. The van der Waals surface area contributed by atoms with E-state index in [0.717, 1.165) is 16.5 Å². The fraction of sp³-hybridized carbons (Fsp3) is 0.526. The molecule has 0 saturated carbocycles. The van der Waals surface area contributed by atoms with Gasteiger partial charge in [0.1, 0.15) is 5.58 Å². The number of hydrogen-bond donors (Lipinski definition) is 1. The molecule has 3 nitrogen and oxygen atoms in total. The molecule has 0 saturated heterocycles. The van der Waals surface area contributed by atoms with Gasteiger partial charge in [0.05, 0.1) is 12.7 Å². The molecule has 1 aromatic carbocycles. The summed E-state index contributed by atoms with van der Waals surface area (Å²) in [7, 11) is 0. The molecule has 0 spiro atoms. The van der Waals surface area contributed by atoms with Gasteiger partial charge in [0.15, 0.2) is 0 Å². The maximum atomic E-state index is 12.2. The van der Waals surface area contributed by atoms with Crippen LogP contribution in [0.3, 0.4) is 0 Å². The molecule has 2 rings (SSSR count). The lowest BCUT2D eigenvalue weighted by molar-refractivity contribution is -0.121. The van der Waals surface area contributed by atoms with E-state index in [4.69, 9.17) is 4.42 Å². The molecule has 0 unspecified atom stereocenters. The molecule has 22 heavy (non-hydrogen) atoms. The number of amides is 1. The summed E-state index contributed by atoms with van der Waals surface area (Å²) < 4.78 is 5.64. The lowest BCUT2D eigenvalue weighted by atomic mass is 9.95. The Morgan fingerprint density at radius 2 is 1.86 bits per heavy atom. The van der Waals surface area contributed by atoms with Crippen LogP contribution in [0.5, 0.6) is 0 Å². The SMILES string of the molecule is Cc1cc2occ(CC(=O)N[C@@H](C)C(C)C)c2cc1C(C)C. The smallest absolute Gasteiger partial charge is 0.224 e. The predicted octanol–water partition coefficient (Wildman–Crippen LogP) is 4.57. The van der Waals surface area contributed by atoms with Crippen molar-refractivity contribution in [3.8, 4) is 0 Å². The van der Waals surface area contributed by atoms with Crippen LogP contribution in [-0.4, -0.2) is 11.9 Å². The van der Waals surface area contributed by atoms with E-state index in [1.165, 1.54) is 11.1 Å². The van der Waals surface area contributed by atoms with Crippen LogP contribution in [0.4, 0.5) is 0 Å². The van der Waals surface area contributed by atoms with E-state index in [2.05, 4.69) is 52.1 Å². The molecular formula is C19H27NO2. The van der Waals surface area contributed by atoms with Gasteiger partial charge < -0.3 is 9.73 Å². The van der Waals surface area contributed by atoms with Crippen molar-refractivity contribution < 1.29 is 9.21 Å². The molecule has 120 valence electrons. The van der Waals surface area contributed by atoms with Gasteiger partial charge in [-0.2, -0.15) is 0 Å². The lowest BCUT2D eigenvalue weighted by Crippen LogP contribution is -2.36. The summed E-state index contributed by atoms with van der Waals surface area (Å²) in [6, 6.07) is 4.43. The van der Waals surface area contributed by atoms with Gasteiger partial charge in [-0.15, -0.1) is 0 Å². The Balaban J connectivity index is 2.25. The number of furan rings is 1. The van der Waals surface area contributed by atoms with E-state index in [0.29, 0.717) is 18.3 Å². The summed E-state index contributed by atoms with van der Waals surface area (Å²) in [4.78, 5) is 12.2. The Kier molecular flexibility index (Phi) is 4.94. The third-order valence-electron chi connectivity index (χ3n) is 4.40. The molecule has 2 aromatic rings. The Hall–Kier alpha value is -1.77. The summed E-state index contributed by atoms with van der Waals surface area (Å²) in [5.41, 5.74) is 4.37. The van der Waals surface area contributed by atoms with Gasteiger partial charge in [-0.25, -0.2) is 0 Å². The van der Waals surface area contributed by atoms with Crippen LogP contribution in [0.25, 0.3) is 11.0 Å². The van der Waals surface area contributed by atoms with E-state index >= 15 is 0 Å². The second kappa shape index (κ2) is 6.55. The van der Waals surface area contributed by atoms with Crippen molar-refractivity contribution in [3.63, 3.8) is 0 Å². The van der Waals surface area contributed by atoms with Gasteiger partial charge >= 0.3 is 0 Å². The summed E-state index contributed by atoms with van der Waals surface area (Å²) in [6.07, 6.45) is 2.08. The average molecular weight is 301 g/mol. The number of carbonyl (C=O) groups excluding carboxylic acids is 1. The molecule has 3 heteroatoms. The van der Waals surface area contributed by atoms with Crippen molar-refractivity contribution in [2.45, 2.75) is 59.9 Å². The molecule has 1 amide bonds. The molecule has 1 aromatic heterocycles. The summed E-state index contributed by atoms with van der Waals surface area (Å²) in [5.74, 6) is 0.942. The fourth-order valence-corrected chi connectivity index (χ4v) is 2.65. The predicted molar refractivity (Wildman–Crippen MR) is 91.2 cm³/mol. The van der Waals surface area contributed by atoms with Crippen molar-refractivity contribution in [1.82, 2.24) is 5.32 Å². The quantitative estimate of drug-likeness (QED) is 0.879. The van der Waals surface area contributed by atoms with Crippen molar-refractivity contribution >= 4 is 16.9 Å². The summed E-state index contributed by atoms with van der Waals surface area (Å²) >= 11 is 0. The molecule has 0 aliphatic carbocycles. The average Bonchev–Trinajstić information content (AvgIpc) is 2.79. The van der Waals surface area contributed by atoms with Crippen LogP contribution < -0.4 is 5.32 Å². The zero-order chi connectivity index (χ0) is 16.4. The molecule has 1 heterocycles. The molecule has 0 radical (unpaired) electrons. The first-order valence-electron chi connectivity index (χ1n) is 8.09. The van der Waals surface area contributed by atoms with Gasteiger partial charge in [0.25, 0.3) is 0 Å². The van der Waals surface area contributed by atoms with E-state index in [-0.39, 0.29) is 11.9 Å². The topological polar surface area (TPSA) is 42.2 Å². The number of rotatable bonds is 5. The van der Waals surface area contributed by atoms with Crippen LogP contribution in [0.1, 0.15) is 57.2 Å². The highest BCUT2D eigenvalue weighted by Crippen LogP contribution is 2.29. The van der Waals surface area contributed by atoms with Gasteiger partial charge in [-0.3, -0.25) is 4.79 Å². The van der Waals surface area contributed by atoms with E-state index in [1.807, 2.05) is 6.92 Å². The normalized spacial score (nSPS) is 13.1. The lowest BCUT2D eigenvalue weighted by Gasteiger charge is -2.17. The minimum atomic E-state index is 0.0515. The molecule has 0 fully saturated rings. The van der Waals surface area contributed by atoms with Gasteiger partial charge in [-0.05, 0) is 48.9 Å². The first-order valence-corrected chi connectivity index (χ1v) is 8.09. The Labute approximate surface area is 133 Å². The highest BCUT2D eigenvalue weighted by Gasteiger charge is 2.16. The van der Waals surface area contributed by atoms with E-state index in [9.17, 15) is 4.79 Å². The first kappa shape index (κ1) is 16.6. The summed E-state index contributed by atoms with van der Waals surface area (Å²) in [6.45, 7) is 12.7. The van der Waals surface area contributed by atoms with Crippen LogP contribution in [0, 0.1) is 12.8 Å². The molecule has 0 aliphatic rings. The molecule has 0 bridgehead atoms. The van der Waals surface area contributed by atoms with Crippen LogP contribution in [0.2, 0.25) is 0 Å². The Morgan fingerprint density at radius 3 is 2.45 bits per heavy atom. The number of aryl methyl sites for hydroxylation is 1. The Morgan fingerprint density at radius 1 is 1.18 bits per heavy atom. The van der Waals surface area contributed by atoms with E-state index in [1.54, 1.807) is 6.26 Å². The monoisotopic (exact) mass is 301 g/mol. The fourth-order valence-electron chi connectivity index (χ4n) is 2.65. The molecule has 0 aliphatic heterocycles. The number of nitrogens with one attached hydrogen (secondary N) is 1. The van der Waals surface area contributed by atoms with Crippen molar-refractivity contribution in [2.75, 3.05) is 0 Å². The first-order chi connectivity index (χ1) is 10.3. The maximum absolute atomic E-state index is 12.2.